The van der Waals surface area contributed by atoms with Crippen LogP contribution in [0.25, 0.3) is 0 Å². The third-order valence-corrected chi connectivity index (χ3v) is 3.23. The third-order valence-electron chi connectivity index (χ3n) is 2.26. The number of sulfonamides is 1. The molecular weight excluding hydrogens is 455 g/mol. The Labute approximate surface area is 138 Å². The summed E-state index contributed by atoms with van der Waals surface area (Å²) in [6, 6.07) is 0. The van der Waals surface area contributed by atoms with Crippen molar-refractivity contribution in [2.75, 3.05) is 0 Å². The molecule has 27 heavy (non-hydrogen) atoms. The normalized spacial score (nSPS) is 15.0. The molecule has 0 heterocycles. The molecule has 1 amide bonds. The second kappa shape index (κ2) is 7.02. The smallest absolute Gasteiger partial charge is 0.460 e. The van der Waals surface area contributed by atoms with Gasteiger partial charge >= 0.3 is 41.2 Å². The van der Waals surface area contributed by atoms with Crippen LogP contribution in [0, 0.1) is 0 Å². The Morgan fingerprint density at radius 2 is 0.889 bits per heavy atom. The molecule has 0 spiro atoms. The standard InChI is InChI=1S/C6H2F13NO2S.CH3NO2/c7-1(8,3(11,12)5(15,16)17)2(9,10)4(13,14)6(18,19)23(20,21)22;2-1(3)4/h(H2,20,21,22);2H2,(H,3,4). The summed E-state index contributed by atoms with van der Waals surface area (Å²) in [5.74, 6) is -32.2. The topological polar surface area (TPSA) is 123 Å². The zero-order valence-corrected chi connectivity index (χ0v) is 12.5. The molecule has 0 bridgehead atoms. The highest BCUT2D eigenvalue weighted by atomic mass is 32.2. The molecule has 0 unspecified atom stereocenters. The first-order valence-electron chi connectivity index (χ1n) is 5.20. The maximum atomic E-state index is 12.8. The highest BCUT2D eigenvalue weighted by Crippen LogP contribution is 2.60. The van der Waals surface area contributed by atoms with Crippen LogP contribution in [0.3, 0.4) is 0 Å². The summed E-state index contributed by atoms with van der Waals surface area (Å²) in [7, 11) is -7.11. The fourth-order valence-electron chi connectivity index (χ4n) is 0.934. The van der Waals surface area contributed by atoms with Crippen LogP contribution in [0.2, 0.25) is 0 Å². The van der Waals surface area contributed by atoms with E-state index in [0.717, 1.165) is 0 Å². The van der Waals surface area contributed by atoms with E-state index in [9.17, 15) is 65.5 Å². The molecular formula is C7H5F13N2O4S. The van der Waals surface area contributed by atoms with Gasteiger partial charge in [0.2, 0.25) is 0 Å². The van der Waals surface area contributed by atoms with Crippen LogP contribution in [-0.4, -0.2) is 54.7 Å². The summed E-state index contributed by atoms with van der Waals surface area (Å²) in [6.07, 6.45) is -8.90. The number of carbonyl (C=O) groups is 1. The molecule has 0 aliphatic carbocycles. The van der Waals surface area contributed by atoms with E-state index >= 15 is 0 Å². The number of rotatable bonds is 5. The molecule has 0 rings (SSSR count). The molecule has 0 saturated heterocycles. The van der Waals surface area contributed by atoms with Crippen LogP contribution in [-0.2, 0) is 10.0 Å². The Morgan fingerprint density at radius 3 is 1.07 bits per heavy atom. The number of primary amides is 1. The van der Waals surface area contributed by atoms with Crippen LogP contribution < -0.4 is 10.9 Å². The van der Waals surface area contributed by atoms with Gasteiger partial charge in [-0.1, -0.05) is 0 Å². The van der Waals surface area contributed by atoms with Crippen molar-refractivity contribution >= 4 is 16.1 Å². The van der Waals surface area contributed by atoms with Crippen molar-refractivity contribution in [3.8, 4) is 0 Å². The minimum absolute atomic E-state index is 1.33. The average molecular weight is 460 g/mol. The quantitative estimate of drug-likeness (QED) is 0.546. The first-order valence-corrected chi connectivity index (χ1v) is 6.74. The lowest BCUT2D eigenvalue weighted by Crippen LogP contribution is -2.71. The van der Waals surface area contributed by atoms with E-state index in [-0.39, 0.29) is 0 Å². The summed E-state index contributed by atoms with van der Waals surface area (Å²) in [4.78, 5) is 8.78. The van der Waals surface area contributed by atoms with Gasteiger partial charge in [-0.3, -0.25) is 0 Å². The monoisotopic (exact) mass is 460 g/mol. The summed E-state index contributed by atoms with van der Waals surface area (Å²) < 4.78 is 181. The van der Waals surface area contributed by atoms with Gasteiger partial charge in [0.05, 0.1) is 0 Å². The van der Waals surface area contributed by atoms with E-state index in [2.05, 4.69) is 10.9 Å². The van der Waals surface area contributed by atoms with Gasteiger partial charge in [0.25, 0.3) is 10.0 Å². The van der Waals surface area contributed by atoms with Gasteiger partial charge in [0.15, 0.2) is 0 Å². The SMILES string of the molecule is NC(=O)O.NS(=O)(=O)C(F)(F)C(F)(F)C(F)(F)C(F)(F)C(F)(F)C(F)(F)F. The lowest BCUT2D eigenvalue weighted by atomic mass is 9.98. The first kappa shape index (κ1) is 27.5. The van der Waals surface area contributed by atoms with E-state index in [1.165, 1.54) is 0 Å². The Bertz CT molecular complexity index is 652. The summed E-state index contributed by atoms with van der Waals surface area (Å²) in [6.45, 7) is 0. The molecule has 0 aromatic rings. The molecule has 0 aliphatic heterocycles. The van der Waals surface area contributed by atoms with Gasteiger partial charge in [-0.05, 0) is 0 Å². The number of carboxylic acid groups (broad SMARTS) is 1. The van der Waals surface area contributed by atoms with Crippen molar-refractivity contribution in [3.05, 3.63) is 0 Å². The number of hydrogen-bond donors (Lipinski definition) is 3. The molecule has 164 valence electrons. The lowest BCUT2D eigenvalue weighted by Gasteiger charge is -2.38. The van der Waals surface area contributed by atoms with Crippen LogP contribution in [0.15, 0.2) is 0 Å². The van der Waals surface area contributed by atoms with Crippen LogP contribution in [0.4, 0.5) is 61.9 Å². The first-order chi connectivity index (χ1) is 11.2. The minimum atomic E-state index is -8.17. The summed E-state index contributed by atoms with van der Waals surface area (Å²) in [5.41, 5.74) is 4.03. The molecule has 0 fully saturated rings. The van der Waals surface area contributed by atoms with Gasteiger partial charge in [0.1, 0.15) is 0 Å². The molecule has 0 saturated carbocycles. The average Bonchev–Trinajstić information content (AvgIpc) is 2.34. The molecule has 20 heteroatoms. The van der Waals surface area contributed by atoms with Crippen molar-refractivity contribution in [1.82, 2.24) is 0 Å². The van der Waals surface area contributed by atoms with E-state index in [1.807, 2.05) is 0 Å². The van der Waals surface area contributed by atoms with Gasteiger partial charge in [-0.2, -0.15) is 57.1 Å². The van der Waals surface area contributed by atoms with Crippen molar-refractivity contribution in [3.63, 3.8) is 0 Å². The lowest BCUT2D eigenvalue weighted by molar-refractivity contribution is -0.433. The van der Waals surface area contributed by atoms with Crippen molar-refractivity contribution in [1.29, 1.82) is 0 Å². The van der Waals surface area contributed by atoms with E-state index < -0.39 is 51.2 Å². The Balaban J connectivity index is 0. The number of hydrogen-bond acceptors (Lipinski definition) is 3. The summed E-state index contributed by atoms with van der Waals surface area (Å²) in [5, 5.41) is 3.29. The Hall–Kier alpha value is -1.73. The second-order valence-electron chi connectivity index (χ2n) is 4.20. The number of halogens is 13. The Morgan fingerprint density at radius 1 is 0.667 bits per heavy atom. The summed E-state index contributed by atoms with van der Waals surface area (Å²) >= 11 is 0. The number of alkyl halides is 13. The van der Waals surface area contributed by atoms with Crippen LogP contribution in [0.5, 0.6) is 0 Å². The molecule has 0 aliphatic rings. The van der Waals surface area contributed by atoms with Gasteiger partial charge in [0, 0.05) is 0 Å². The highest BCUT2D eigenvalue weighted by molar-refractivity contribution is 7.90. The predicted octanol–water partition coefficient (Wildman–Crippen LogP) is 2.59. The van der Waals surface area contributed by atoms with Gasteiger partial charge < -0.3 is 10.8 Å². The molecule has 0 aromatic carbocycles. The molecule has 5 N–H and O–H groups in total. The van der Waals surface area contributed by atoms with E-state index in [0.29, 0.717) is 0 Å². The number of amides is 1. The number of nitrogens with two attached hydrogens (primary N) is 2. The molecule has 0 atom stereocenters. The number of primary sulfonamides is 1. The Kier molecular flexibility index (Phi) is 7.15. The van der Waals surface area contributed by atoms with Crippen LogP contribution in [0.1, 0.15) is 0 Å². The zero-order chi connectivity index (χ0) is 23.1. The zero-order valence-electron chi connectivity index (χ0n) is 11.6. The maximum absolute atomic E-state index is 12.8. The van der Waals surface area contributed by atoms with E-state index in [4.69, 9.17) is 9.90 Å². The predicted molar refractivity (Wildman–Crippen MR) is 56.1 cm³/mol. The third kappa shape index (κ3) is 4.41. The van der Waals surface area contributed by atoms with Crippen LogP contribution >= 0.6 is 0 Å². The van der Waals surface area contributed by atoms with Gasteiger partial charge in [-0.15, -0.1) is 0 Å². The second-order valence-corrected chi connectivity index (χ2v) is 5.80. The van der Waals surface area contributed by atoms with Crippen molar-refractivity contribution in [2.24, 2.45) is 10.9 Å². The fourth-order valence-corrected chi connectivity index (χ4v) is 1.42. The van der Waals surface area contributed by atoms with Crippen molar-refractivity contribution in [2.45, 2.75) is 35.1 Å². The highest BCUT2D eigenvalue weighted by Gasteiger charge is 2.92. The molecule has 6 nitrogen and oxygen atoms in total. The van der Waals surface area contributed by atoms with Gasteiger partial charge in [-0.25, -0.2) is 18.4 Å². The minimum Gasteiger partial charge on any atom is -0.465 e. The van der Waals surface area contributed by atoms with E-state index in [1.54, 1.807) is 0 Å². The maximum Gasteiger partial charge on any atom is 0.460 e. The molecule has 0 radical (unpaired) electrons. The fraction of sp³-hybridized carbons (Fsp3) is 0.857. The largest absolute Gasteiger partial charge is 0.465 e. The molecule has 0 aromatic heterocycles. The van der Waals surface area contributed by atoms with Crippen molar-refractivity contribution < 1.29 is 75.4 Å².